The smallest absolute Gasteiger partial charge is 0.137 e. The molecular weight excluding hydrogens is 793 g/mol. The van der Waals surface area contributed by atoms with Crippen LogP contribution < -0.4 is 14.5 Å². The van der Waals surface area contributed by atoms with Gasteiger partial charge in [0.25, 0.3) is 0 Å². The normalized spacial score (nSPS) is 13.8. The fraction of sp³-hybridized carbons (Fsp3) is 0.217. The van der Waals surface area contributed by atoms with Crippen LogP contribution in [-0.2, 0) is 16.2 Å². The highest BCUT2D eigenvalue weighted by atomic mass is 16.5. The van der Waals surface area contributed by atoms with Gasteiger partial charge in [0.05, 0.1) is 32.2 Å². The zero-order valence-corrected chi connectivity index (χ0v) is 38.9. The van der Waals surface area contributed by atoms with Crippen molar-refractivity contribution in [3.8, 4) is 39.6 Å². The van der Waals surface area contributed by atoms with E-state index in [0.717, 1.165) is 44.6 Å². The second-order valence-corrected chi connectivity index (χ2v) is 20.4. The Hall–Kier alpha value is -7.11. The maximum Gasteiger partial charge on any atom is 0.137 e. The minimum atomic E-state index is -0.533. The first-order valence-corrected chi connectivity index (χ1v) is 22.7. The van der Waals surface area contributed by atoms with Crippen molar-refractivity contribution in [2.24, 2.45) is 0 Å². The highest BCUT2D eigenvalue weighted by Crippen LogP contribution is 2.51. The van der Waals surface area contributed by atoms with Gasteiger partial charge < -0.3 is 14.5 Å². The van der Waals surface area contributed by atoms with Gasteiger partial charge in [-0.3, -0.25) is 4.57 Å². The van der Waals surface area contributed by atoms with Gasteiger partial charge in [0.2, 0.25) is 0 Å². The summed E-state index contributed by atoms with van der Waals surface area (Å²) in [4.78, 5) is 9.42. The van der Waals surface area contributed by atoms with Crippen LogP contribution in [0.25, 0.3) is 49.9 Å². The predicted octanol–water partition coefficient (Wildman–Crippen LogP) is 16.4. The van der Waals surface area contributed by atoms with Gasteiger partial charge >= 0.3 is 0 Å². The fourth-order valence-corrected chi connectivity index (χ4v) is 9.11. The topological polar surface area (TPSA) is 33.5 Å². The lowest BCUT2D eigenvalue weighted by Crippen LogP contribution is -2.25. The number of rotatable bonds is 7. The minimum Gasteiger partial charge on any atom is -0.457 e. The molecule has 2 aromatic heterocycles. The second kappa shape index (κ2) is 15.8. The van der Waals surface area contributed by atoms with E-state index < -0.39 is 5.41 Å². The van der Waals surface area contributed by atoms with Gasteiger partial charge in [-0.2, -0.15) is 0 Å². The summed E-state index contributed by atoms with van der Waals surface area (Å²) in [6, 6.07) is 56.0. The van der Waals surface area contributed by atoms with Crippen molar-refractivity contribution in [1.29, 1.82) is 0 Å². The van der Waals surface area contributed by atoms with E-state index in [2.05, 4.69) is 172 Å². The van der Waals surface area contributed by atoms with Gasteiger partial charge in [-0.05, 0) is 98.6 Å². The van der Waals surface area contributed by atoms with E-state index in [1.54, 1.807) is 0 Å². The molecular formula is C60H58N4O. The molecule has 0 aliphatic carbocycles. The lowest BCUT2D eigenvalue weighted by Gasteiger charge is -2.28. The summed E-state index contributed by atoms with van der Waals surface area (Å²) in [5.41, 5.74) is 13.3. The number of hydrogen-bond donors (Lipinski definition) is 0. The molecule has 0 N–H and O–H groups in total. The van der Waals surface area contributed by atoms with E-state index in [9.17, 15) is 1.37 Å². The number of pyridine rings is 1. The summed E-state index contributed by atoms with van der Waals surface area (Å²) in [6.45, 7) is 20.1. The number of aromatic nitrogens is 2. The SMILES string of the molecule is [2H]c1nc(-n2c3ccccc3c3ccc(Oc4cccc(N5CN(c6c(-c7cccc(C(C)(C)C)c7)cccc6-c6cccc(C(C)(C)C)c6)c6ccccc65)c4)cc32)c([2H])c(C(C)(C)C)c1[2H]. The number of ether oxygens (including phenoxy) is 1. The fourth-order valence-electron chi connectivity index (χ4n) is 9.11. The van der Waals surface area contributed by atoms with Crippen LogP contribution in [0.3, 0.4) is 0 Å². The van der Waals surface area contributed by atoms with E-state index in [-0.39, 0.29) is 29.1 Å². The molecule has 324 valence electrons. The third kappa shape index (κ3) is 7.84. The van der Waals surface area contributed by atoms with Crippen molar-refractivity contribution in [1.82, 2.24) is 9.55 Å². The highest BCUT2D eigenvalue weighted by Gasteiger charge is 2.32. The monoisotopic (exact) mass is 853 g/mol. The van der Waals surface area contributed by atoms with E-state index in [1.165, 1.54) is 33.4 Å². The summed E-state index contributed by atoms with van der Waals surface area (Å²) in [5.74, 6) is 1.63. The second-order valence-electron chi connectivity index (χ2n) is 20.4. The van der Waals surface area contributed by atoms with Crippen molar-refractivity contribution in [2.75, 3.05) is 16.5 Å². The molecule has 1 aliphatic rings. The first-order valence-electron chi connectivity index (χ1n) is 24.2. The van der Waals surface area contributed by atoms with E-state index in [4.69, 9.17) is 7.48 Å². The van der Waals surface area contributed by atoms with Crippen molar-refractivity contribution in [3.63, 3.8) is 0 Å². The van der Waals surface area contributed by atoms with Crippen LogP contribution in [0, 0.1) is 0 Å². The first-order chi connectivity index (χ1) is 32.4. The van der Waals surface area contributed by atoms with Crippen molar-refractivity contribution in [2.45, 2.75) is 78.6 Å². The number of hydrogen-bond acceptors (Lipinski definition) is 4. The van der Waals surface area contributed by atoms with Crippen LogP contribution >= 0.6 is 0 Å². The van der Waals surface area contributed by atoms with Crippen LogP contribution in [-0.4, -0.2) is 16.2 Å². The summed E-state index contributed by atoms with van der Waals surface area (Å²) >= 11 is 0. The average Bonchev–Trinajstić information content (AvgIpc) is 3.85. The molecule has 0 bridgehead atoms. The number of anilines is 4. The molecule has 0 radical (unpaired) electrons. The summed E-state index contributed by atoms with van der Waals surface area (Å²) in [7, 11) is 0. The Bertz CT molecular complexity index is 3350. The van der Waals surface area contributed by atoms with Gasteiger partial charge in [-0.25, -0.2) is 4.98 Å². The number of nitrogens with zero attached hydrogens (tertiary/aromatic N) is 4. The van der Waals surface area contributed by atoms with Gasteiger partial charge in [-0.1, -0.05) is 165 Å². The molecule has 5 nitrogen and oxygen atoms in total. The van der Waals surface area contributed by atoms with Crippen LogP contribution in [0.1, 0.15) is 83.1 Å². The number of fused-ring (bicyclic) bond motifs is 4. The molecule has 10 rings (SSSR count). The molecule has 0 fully saturated rings. The number of para-hydroxylation sites is 4. The largest absolute Gasteiger partial charge is 0.457 e. The minimum absolute atomic E-state index is 0.0108. The molecule has 0 atom stereocenters. The van der Waals surface area contributed by atoms with Crippen LogP contribution in [0.4, 0.5) is 22.7 Å². The predicted molar refractivity (Wildman–Crippen MR) is 274 cm³/mol. The third-order valence-corrected chi connectivity index (χ3v) is 12.7. The average molecular weight is 854 g/mol. The Morgan fingerprint density at radius 1 is 0.508 bits per heavy atom. The maximum atomic E-state index is 9.37. The molecule has 0 saturated carbocycles. The molecule has 0 spiro atoms. The van der Waals surface area contributed by atoms with Gasteiger partial charge in [0.15, 0.2) is 0 Å². The standard InChI is InChI=1S/C60H58N4O/c1-58(2,3)42-20-14-18-40(34-42)48-25-17-26-49(41-19-15-21-43(35-41)59(4,5)6)57(48)63-39-62(53-28-12-13-29-54(53)63)45-22-16-23-46(37-45)65-47-30-31-51-50-24-10-11-27-52(50)64(55(51)38-47)56-36-44(32-33-61-56)60(7,8)9/h10-38H,39H2,1-9H3/i32D,33D,36D. The number of benzene rings is 7. The molecule has 9 aromatic rings. The van der Waals surface area contributed by atoms with Crippen LogP contribution in [0.2, 0.25) is 0 Å². The summed E-state index contributed by atoms with van der Waals surface area (Å²) in [6.07, 6.45) is -0.151. The Morgan fingerprint density at radius 2 is 1.08 bits per heavy atom. The van der Waals surface area contributed by atoms with Crippen LogP contribution in [0.5, 0.6) is 11.5 Å². The summed E-state index contributed by atoms with van der Waals surface area (Å²) in [5, 5.41) is 1.98. The highest BCUT2D eigenvalue weighted by molar-refractivity contribution is 6.09. The maximum absolute atomic E-state index is 9.37. The van der Waals surface area contributed by atoms with Crippen molar-refractivity contribution < 1.29 is 8.85 Å². The Kier molecular flexibility index (Phi) is 9.35. The lowest BCUT2D eigenvalue weighted by atomic mass is 9.84. The molecule has 0 unspecified atom stereocenters. The quantitative estimate of drug-likeness (QED) is 0.160. The Balaban J connectivity index is 1.06. The zero-order valence-electron chi connectivity index (χ0n) is 41.9. The lowest BCUT2D eigenvalue weighted by molar-refractivity contribution is 0.483. The molecule has 5 heteroatoms. The van der Waals surface area contributed by atoms with Crippen molar-refractivity contribution in [3.05, 3.63) is 193 Å². The van der Waals surface area contributed by atoms with Gasteiger partial charge in [0, 0.05) is 45.9 Å². The van der Waals surface area contributed by atoms with Crippen molar-refractivity contribution >= 4 is 44.6 Å². The van der Waals surface area contributed by atoms with E-state index >= 15 is 0 Å². The zero-order chi connectivity index (χ0) is 47.9. The molecule has 3 heterocycles. The Morgan fingerprint density at radius 3 is 1.74 bits per heavy atom. The van der Waals surface area contributed by atoms with E-state index in [1.807, 2.05) is 67.8 Å². The molecule has 65 heavy (non-hydrogen) atoms. The molecule has 0 amide bonds. The molecule has 7 aromatic carbocycles. The summed E-state index contributed by atoms with van der Waals surface area (Å²) < 4.78 is 35.5. The van der Waals surface area contributed by atoms with Crippen LogP contribution in [0.15, 0.2) is 176 Å². The first kappa shape index (κ1) is 38.4. The van der Waals surface area contributed by atoms with Gasteiger partial charge in [0.1, 0.15) is 24.0 Å². The molecule has 1 aliphatic heterocycles. The van der Waals surface area contributed by atoms with E-state index in [0.29, 0.717) is 29.5 Å². The Labute approximate surface area is 388 Å². The molecule has 0 saturated heterocycles. The van der Waals surface area contributed by atoms with Gasteiger partial charge in [-0.15, -0.1) is 0 Å². The third-order valence-electron chi connectivity index (χ3n) is 12.7.